The van der Waals surface area contributed by atoms with Crippen molar-refractivity contribution in [2.45, 2.75) is 70.9 Å². The van der Waals surface area contributed by atoms with E-state index in [1.807, 2.05) is 20.8 Å². The molecule has 3 amide bonds. The van der Waals surface area contributed by atoms with Crippen LogP contribution in [0.15, 0.2) is 0 Å². The molecule has 1 aliphatic carbocycles. The van der Waals surface area contributed by atoms with Gasteiger partial charge in [-0.15, -0.1) is 0 Å². The van der Waals surface area contributed by atoms with Crippen LogP contribution in [0.1, 0.15) is 59.3 Å². The largest absolute Gasteiger partial charge is 0.481 e. The smallest absolute Gasteiger partial charge is 0.410 e. The first-order valence-electron chi connectivity index (χ1n) is 9.91. The van der Waals surface area contributed by atoms with Gasteiger partial charge in [0.25, 0.3) is 0 Å². The molecule has 1 atom stereocenters. The Balaban J connectivity index is 1.86. The molecule has 2 N–H and O–H groups in total. The summed E-state index contributed by atoms with van der Waals surface area (Å²) in [6, 6.07) is -0.574. The summed E-state index contributed by atoms with van der Waals surface area (Å²) in [4.78, 5) is 39.2. The molecule has 1 saturated carbocycles. The van der Waals surface area contributed by atoms with Gasteiger partial charge in [-0.1, -0.05) is 19.3 Å². The van der Waals surface area contributed by atoms with E-state index >= 15 is 0 Å². The minimum absolute atomic E-state index is 0.0473. The van der Waals surface area contributed by atoms with Crippen LogP contribution in [0.25, 0.3) is 0 Å². The van der Waals surface area contributed by atoms with Crippen LogP contribution >= 0.6 is 0 Å². The van der Waals surface area contributed by atoms with E-state index in [2.05, 4.69) is 5.32 Å². The summed E-state index contributed by atoms with van der Waals surface area (Å²) in [6.07, 6.45) is 4.87. The maximum Gasteiger partial charge on any atom is 0.410 e. The lowest BCUT2D eigenvalue weighted by atomic mass is 9.82. The first-order chi connectivity index (χ1) is 12.7. The minimum Gasteiger partial charge on any atom is -0.481 e. The molecule has 0 aromatic rings. The summed E-state index contributed by atoms with van der Waals surface area (Å²) in [5, 5.41) is 12.1. The maximum atomic E-state index is 12.6. The molecule has 0 aromatic carbocycles. The Hall–Kier alpha value is -1.99. The number of amides is 3. The van der Waals surface area contributed by atoms with E-state index in [-0.39, 0.29) is 30.5 Å². The van der Waals surface area contributed by atoms with Crippen LogP contribution in [-0.4, -0.2) is 70.8 Å². The molecule has 2 fully saturated rings. The van der Waals surface area contributed by atoms with Crippen molar-refractivity contribution in [2.24, 2.45) is 5.92 Å². The van der Waals surface area contributed by atoms with Gasteiger partial charge >= 0.3 is 18.1 Å². The first kappa shape index (κ1) is 21.3. The fourth-order valence-corrected chi connectivity index (χ4v) is 3.73. The lowest BCUT2D eigenvalue weighted by Crippen LogP contribution is -2.56. The first-order valence-corrected chi connectivity index (χ1v) is 9.91. The van der Waals surface area contributed by atoms with Crippen LogP contribution in [0, 0.1) is 5.92 Å². The zero-order valence-corrected chi connectivity index (χ0v) is 16.7. The van der Waals surface area contributed by atoms with E-state index in [0.29, 0.717) is 26.2 Å². The lowest BCUT2D eigenvalue weighted by Gasteiger charge is -2.37. The molecule has 0 aromatic heterocycles. The van der Waals surface area contributed by atoms with E-state index < -0.39 is 11.6 Å². The predicted octanol–water partition coefficient (Wildman–Crippen LogP) is 2.67. The molecule has 1 saturated heterocycles. The fraction of sp³-hybridized carbons (Fsp3) is 0.842. The number of urea groups is 1. The third-order valence-electron chi connectivity index (χ3n) is 5.14. The molecular weight excluding hydrogens is 350 g/mol. The van der Waals surface area contributed by atoms with Crippen molar-refractivity contribution < 1.29 is 24.2 Å². The highest BCUT2D eigenvalue weighted by molar-refractivity contribution is 5.76. The van der Waals surface area contributed by atoms with E-state index in [1.165, 1.54) is 6.42 Å². The maximum absolute atomic E-state index is 12.6. The number of carbonyl (C=O) groups is 3. The molecule has 8 heteroatoms. The van der Waals surface area contributed by atoms with Gasteiger partial charge in [0.1, 0.15) is 5.60 Å². The Bertz CT molecular complexity index is 532. The average Bonchev–Trinajstić information content (AvgIpc) is 2.60. The highest BCUT2D eigenvalue weighted by Gasteiger charge is 2.31. The monoisotopic (exact) mass is 383 g/mol. The van der Waals surface area contributed by atoms with Crippen molar-refractivity contribution in [1.29, 1.82) is 0 Å². The number of rotatable bonds is 4. The molecule has 154 valence electrons. The van der Waals surface area contributed by atoms with Crippen molar-refractivity contribution in [3.05, 3.63) is 0 Å². The zero-order chi connectivity index (χ0) is 20.0. The summed E-state index contributed by atoms with van der Waals surface area (Å²) >= 11 is 0. The molecule has 27 heavy (non-hydrogen) atoms. The summed E-state index contributed by atoms with van der Waals surface area (Å²) in [5.74, 6) is -0.664. The number of piperazine rings is 1. The van der Waals surface area contributed by atoms with Gasteiger partial charge in [-0.25, -0.2) is 9.59 Å². The second-order valence-corrected chi connectivity index (χ2v) is 8.51. The molecule has 1 heterocycles. The normalized spacial score (nSPS) is 20.1. The topological polar surface area (TPSA) is 99.2 Å². The third-order valence-corrected chi connectivity index (χ3v) is 5.14. The van der Waals surface area contributed by atoms with Gasteiger partial charge in [0.2, 0.25) is 0 Å². The zero-order valence-electron chi connectivity index (χ0n) is 16.7. The molecule has 1 aliphatic heterocycles. The Kier molecular flexibility index (Phi) is 7.33. The van der Waals surface area contributed by atoms with E-state index in [1.54, 1.807) is 9.80 Å². The van der Waals surface area contributed by atoms with Gasteiger partial charge in [0.05, 0.1) is 6.42 Å². The molecule has 2 rings (SSSR count). The van der Waals surface area contributed by atoms with Gasteiger partial charge in [-0.3, -0.25) is 4.79 Å². The van der Waals surface area contributed by atoms with Crippen molar-refractivity contribution in [3.8, 4) is 0 Å². The van der Waals surface area contributed by atoms with Crippen LogP contribution in [0.2, 0.25) is 0 Å². The second-order valence-electron chi connectivity index (χ2n) is 8.51. The molecule has 2 aliphatic rings. The van der Waals surface area contributed by atoms with Crippen LogP contribution < -0.4 is 5.32 Å². The lowest BCUT2D eigenvalue weighted by molar-refractivity contribution is -0.137. The number of carboxylic acids is 1. The summed E-state index contributed by atoms with van der Waals surface area (Å²) in [7, 11) is 0. The quantitative estimate of drug-likeness (QED) is 0.777. The van der Waals surface area contributed by atoms with Gasteiger partial charge in [0, 0.05) is 32.2 Å². The van der Waals surface area contributed by atoms with Crippen LogP contribution in [-0.2, 0) is 9.53 Å². The Morgan fingerprint density at radius 1 is 1.04 bits per heavy atom. The number of carbonyl (C=O) groups excluding carboxylic acids is 2. The van der Waals surface area contributed by atoms with Crippen molar-refractivity contribution in [2.75, 3.05) is 26.2 Å². The predicted molar refractivity (Wildman–Crippen MR) is 101 cm³/mol. The van der Waals surface area contributed by atoms with E-state index in [0.717, 1.165) is 25.7 Å². The fourth-order valence-electron chi connectivity index (χ4n) is 3.73. The summed E-state index contributed by atoms with van der Waals surface area (Å²) in [5.41, 5.74) is -0.546. The molecular formula is C19H33N3O5. The Labute approximate surface area is 161 Å². The molecule has 0 radical (unpaired) electrons. The van der Waals surface area contributed by atoms with Crippen molar-refractivity contribution >= 4 is 18.1 Å². The van der Waals surface area contributed by atoms with E-state index in [4.69, 9.17) is 4.74 Å². The van der Waals surface area contributed by atoms with Crippen LogP contribution in [0.4, 0.5) is 9.59 Å². The van der Waals surface area contributed by atoms with Gasteiger partial charge in [0.15, 0.2) is 0 Å². The number of hydrogen-bond donors (Lipinski definition) is 2. The van der Waals surface area contributed by atoms with Crippen LogP contribution in [0.5, 0.6) is 0 Å². The average molecular weight is 383 g/mol. The summed E-state index contributed by atoms with van der Waals surface area (Å²) < 4.78 is 5.36. The number of carboxylic acid groups (broad SMARTS) is 1. The van der Waals surface area contributed by atoms with Crippen LogP contribution in [0.3, 0.4) is 0 Å². The van der Waals surface area contributed by atoms with Gasteiger partial charge in [-0.2, -0.15) is 0 Å². The highest BCUT2D eigenvalue weighted by atomic mass is 16.6. The number of aliphatic carboxylic acids is 1. The van der Waals surface area contributed by atoms with Crippen molar-refractivity contribution in [1.82, 2.24) is 15.1 Å². The number of nitrogens with zero attached hydrogens (tertiary/aromatic N) is 2. The Morgan fingerprint density at radius 3 is 2.11 bits per heavy atom. The second kappa shape index (κ2) is 9.28. The van der Waals surface area contributed by atoms with Gasteiger partial charge < -0.3 is 25.0 Å². The molecule has 8 nitrogen and oxygen atoms in total. The van der Waals surface area contributed by atoms with E-state index in [9.17, 15) is 19.5 Å². The minimum atomic E-state index is -0.888. The molecule has 0 bridgehead atoms. The highest BCUT2D eigenvalue weighted by Crippen LogP contribution is 2.28. The van der Waals surface area contributed by atoms with Crippen molar-refractivity contribution in [3.63, 3.8) is 0 Å². The summed E-state index contributed by atoms with van der Waals surface area (Å²) in [6.45, 7) is 7.11. The standard InChI is InChI=1S/C19H33N3O5/c1-19(2,3)27-18(26)22-11-9-21(10-12-22)17(25)20-15(13-16(23)24)14-7-5-4-6-8-14/h14-15H,4-13H2,1-3H3,(H,20,25)(H,23,24). The molecule has 1 unspecified atom stereocenters. The molecule has 0 spiro atoms. The third kappa shape index (κ3) is 6.92. The SMILES string of the molecule is CC(C)(C)OC(=O)N1CCN(C(=O)NC(CC(=O)O)C2CCCCC2)CC1. The number of ether oxygens (including phenoxy) is 1. The number of nitrogens with one attached hydrogen (secondary N) is 1. The van der Waals surface area contributed by atoms with Gasteiger partial charge in [-0.05, 0) is 39.5 Å². The Morgan fingerprint density at radius 2 is 1.59 bits per heavy atom. The number of hydrogen-bond acceptors (Lipinski definition) is 4.